The number of rotatable bonds is 6. The molecule has 0 aliphatic heterocycles. The molecule has 0 amide bonds. The Morgan fingerprint density at radius 1 is 1.10 bits per heavy atom. The SMILES string of the molecule is CCOc1cc(CNc2ccccc2)c(Br)cc1OC. The number of hydrogen-bond donors (Lipinski definition) is 1. The van der Waals surface area contributed by atoms with Crippen molar-refractivity contribution in [1.29, 1.82) is 0 Å². The summed E-state index contributed by atoms with van der Waals surface area (Å²) in [4.78, 5) is 0. The lowest BCUT2D eigenvalue weighted by molar-refractivity contribution is 0.310. The molecule has 106 valence electrons. The predicted octanol–water partition coefficient (Wildman–Crippen LogP) is 4.47. The van der Waals surface area contributed by atoms with E-state index in [1.165, 1.54) is 0 Å². The van der Waals surface area contributed by atoms with Crippen LogP contribution >= 0.6 is 15.9 Å². The maximum Gasteiger partial charge on any atom is 0.161 e. The largest absolute Gasteiger partial charge is 0.493 e. The third-order valence-electron chi connectivity index (χ3n) is 2.89. The first-order valence-electron chi connectivity index (χ1n) is 6.52. The molecule has 4 heteroatoms. The Labute approximate surface area is 128 Å². The minimum absolute atomic E-state index is 0.615. The van der Waals surface area contributed by atoms with Gasteiger partial charge in [0.05, 0.1) is 13.7 Å². The summed E-state index contributed by atoms with van der Waals surface area (Å²) in [7, 11) is 1.65. The Morgan fingerprint density at radius 2 is 1.85 bits per heavy atom. The molecule has 0 saturated heterocycles. The fraction of sp³-hybridized carbons (Fsp3) is 0.250. The van der Waals surface area contributed by atoms with E-state index in [2.05, 4.69) is 21.2 Å². The van der Waals surface area contributed by atoms with Gasteiger partial charge in [0.2, 0.25) is 0 Å². The van der Waals surface area contributed by atoms with Crippen LogP contribution in [0.25, 0.3) is 0 Å². The number of benzene rings is 2. The van der Waals surface area contributed by atoms with Crippen molar-refractivity contribution < 1.29 is 9.47 Å². The molecule has 0 atom stereocenters. The van der Waals surface area contributed by atoms with Gasteiger partial charge in [0.1, 0.15) is 0 Å². The summed E-state index contributed by atoms with van der Waals surface area (Å²) in [6.45, 7) is 3.29. The van der Waals surface area contributed by atoms with E-state index in [9.17, 15) is 0 Å². The third-order valence-corrected chi connectivity index (χ3v) is 3.63. The maximum absolute atomic E-state index is 5.60. The van der Waals surface area contributed by atoms with E-state index in [0.717, 1.165) is 27.2 Å². The summed E-state index contributed by atoms with van der Waals surface area (Å²) in [6, 6.07) is 14.0. The molecule has 3 nitrogen and oxygen atoms in total. The number of halogens is 1. The first-order valence-corrected chi connectivity index (χ1v) is 7.32. The van der Waals surface area contributed by atoms with Gasteiger partial charge < -0.3 is 14.8 Å². The molecule has 2 rings (SSSR count). The number of hydrogen-bond acceptors (Lipinski definition) is 3. The van der Waals surface area contributed by atoms with Crippen LogP contribution in [0.15, 0.2) is 46.9 Å². The molecular formula is C16H18BrNO2. The first kappa shape index (κ1) is 14.7. The van der Waals surface area contributed by atoms with Crippen LogP contribution in [0.3, 0.4) is 0 Å². The molecule has 0 spiro atoms. The topological polar surface area (TPSA) is 30.5 Å². The maximum atomic E-state index is 5.60. The highest BCUT2D eigenvalue weighted by Gasteiger charge is 2.09. The van der Waals surface area contributed by atoms with Gasteiger partial charge in [-0.2, -0.15) is 0 Å². The van der Waals surface area contributed by atoms with Crippen LogP contribution in [0, 0.1) is 0 Å². The second kappa shape index (κ2) is 7.20. The predicted molar refractivity (Wildman–Crippen MR) is 85.6 cm³/mol. The summed E-state index contributed by atoms with van der Waals surface area (Å²) < 4.78 is 11.9. The van der Waals surface area contributed by atoms with Crippen molar-refractivity contribution in [1.82, 2.24) is 0 Å². The molecule has 2 aromatic rings. The van der Waals surface area contributed by atoms with Gasteiger partial charge in [0.25, 0.3) is 0 Å². The Morgan fingerprint density at radius 3 is 2.50 bits per heavy atom. The molecule has 0 bridgehead atoms. The van der Waals surface area contributed by atoms with Crippen molar-refractivity contribution in [2.45, 2.75) is 13.5 Å². The fourth-order valence-electron chi connectivity index (χ4n) is 1.89. The molecule has 0 aliphatic rings. The Hall–Kier alpha value is -1.68. The van der Waals surface area contributed by atoms with Gasteiger partial charge in [-0.1, -0.05) is 34.1 Å². The smallest absolute Gasteiger partial charge is 0.161 e. The lowest BCUT2D eigenvalue weighted by Gasteiger charge is -2.14. The number of para-hydroxylation sites is 1. The van der Waals surface area contributed by atoms with Crippen molar-refractivity contribution in [2.75, 3.05) is 19.0 Å². The number of methoxy groups -OCH3 is 1. The minimum Gasteiger partial charge on any atom is -0.493 e. The highest BCUT2D eigenvalue weighted by molar-refractivity contribution is 9.10. The zero-order chi connectivity index (χ0) is 14.4. The summed E-state index contributed by atoms with van der Waals surface area (Å²) in [5.74, 6) is 1.50. The molecule has 0 unspecified atom stereocenters. The molecule has 0 radical (unpaired) electrons. The highest BCUT2D eigenvalue weighted by atomic mass is 79.9. The van der Waals surface area contributed by atoms with Crippen LogP contribution in [-0.4, -0.2) is 13.7 Å². The molecule has 0 aliphatic carbocycles. The van der Waals surface area contributed by atoms with Gasteiger partial charge >= 0.3 is 0 Å². The highest BCUT2D eigenvalue weighted by Crippen LogP contribution is 2.33. The van der Waals surface area contributed by atoms with E-state index in [4.69, 9.17) is 9.47 Å². The lowest BCUT2D eigenvalue weighted by Crippen LogP contribution is -2.02. The second-order valence-electron chi connectivity index (χ2n) is 4.25. The molecule has 20 heavy (non-hydrogen) atoms. The van der Waals surface area contributed by atoms with Crippen LogP contribution in [0.2, 0.25) is 0 Å². The molecule has 0 heterocycles. The van der Waals surface area contributed by atoms with Crippen molar-refractivity contribution >= 4 is 21.6 Å². The molecule has 0 fully saturated rings. The lowest BCUT2D eigenvalue weighted by atomic mass is 10.2. The molecule has 0 aromatic heterocycles. The van der Waals surface area contributed by atoms with Crippen molar-refractivity contribution in [3.8, 4) is 11.5 Å². The van der Waals surface area contributed by atoms with E-state index >= 15 is 0 Å². The average molecular weight is 336 g/mol. The molecular weight excluding hydrogens is 318 g/mol. The van der Waals surface area contributed by atoms with E-state index < -0.39 is 0 Å². The Kier molecular flexibility index (Phi) is 5.30. The minimum atomic E-state index is 0.615. The molecule has 2 aromatic carbocycles. The number of anilines is 1. The van der Waals surface area contributed by atoms with Gasteiger partial charge in [0, 0.05) is 16.7 Å². The van der Waals surface area contributed by atoms with Gasteiger partial charge in [-0.25, -0.2) is 0 Å². The van der Waals surface area contributed by atoms with Gasteiger partial charge in [-0.05, 0) is 36.8 Å². The first-order chi connectivity index (χ1) is 9.74. The van der Waals surface area contributed by atoms with Gasteiger partial charge in [0.15, 0.2) is 11.5 Å². The van der Waals surface area contributed by atoms with Gasteiger partial charge in [-0.15, -0.1) is 0 Å². The quantitative estimate of drug-likeness (QED) is 0.844. The van der Waals surface area contributed by atoms with E-state index in [1.807, 2.05) is 49.4 Å². The van der Waals surface area contributed by atoms with Crippen LogP contribution in [0.5, 0.6) is 11.5 Å². The third kappa shape index (κ3) is 3.67. The summed E-state index contributed by atoms with van der Waals surface area (Å²) in [5, 5.41) is 3.38. The zero-order valence-corrected chi connectivity index (χ0v) is 13.2. The Bertz CT molecular complexity index is 558. The number of ether oxygens (including phenoxy) is 2. The van der Waals surface area contributed by atoms with Crippen molar-refractivity contribution in [3.05, 3.63) is 52.5 Å². The second-order valence-corrected chi connectivity index (χ2v) is 5.10. The van der Waals surface area contributed by atoms with Gasteiger partial charge in [-0.3, -0.25) is 0 Å². The monoisotopic (exact) mass is 335 g/mol. The van der Waals surface area contributed by atoms with Crippen molar-refractivity contribution in [3.63, 3.8) is 0 Å². The number of nitrogens with one attached hydrogen (secondary N) is 1. The molecule has 0 saturated carbocycles. The zero-order valence-electron chi connectivity index (χ0n) is 11.7. The summed E-state index contributed by atoms with van der Waals surface area (Å²) in [5.41, 5.74) is 2.21. The van der Waals surface area contributed by atoms with E-state index in [-0.39, 0.29) is 0 Å². The fourth-order valence-corrected chi connectivity index (χ4v) is 2.36. The molecule has 1 N–H and O–H groups in total. The van der Waals surface area contributed by atoms with Crippen LogP contribution < -0.4 is 14.8 Å². The van der Waals surface area contributed by atoms with E-state index in [0.29, 0.717) is 13.2 Å². The summed E-state index contributed by atoms with van der Waals surface area (Å²) >= 11 is 3.57. The van der Waals surface area contributed by atoms with Crippen LogP contribution in [0.4, 0.5) is 5.69 Å². The normalized spacial score (nSPS) is 10.2. The Balaban J connectivity index is 2.16. The van der Waals surface area contributed by atoms with Crippen molar-refractivity contribution in [2.24, 2.45) is 0 Å². The van der Waals surface area contributed by atoms with Crippen LogP contribution in [-0.2, 0) is 6.54 Å². The summed E-state index contributed by atoms with van der Waals surface area (Å²) in [6.07, 6.45) is 0. The average Bonchev–Trinajstić information content (AvgIpc) is 2.48. The standard InChI is InChI=1S/C16H18BrNO2/c1-3-20-16-9-12(14(17)10-15(16)19-2)11-18-13-7-5-4-6-8-13/h4-10,18H,3,11H2,1-2H3. The van der Waals surface area contributed by atoms with Crippen LogP contribution in [0.1, 0.15) is 12.5 Å². The van der Waals surface area contributed by atoms with E-state index in [1.54, 1.807) is 7.11 Å².